The zero-order valence-corrected chi connectivity index (χ0v) is 19.6. The van der Waals surface area contributed by atoms with E-state index in [1.54, 1.807) is 0 Å². The van der Waals surface area contributed by atoms with Crippen molar-refractivity contribution < 1.29 is 0 Å². The zero-order chi connectivity index (χ0) is 19.6. The number of hydrogen-bond donors (Lipinski definition) is 0. The fraction of sp³-hybridized carbons (Fsp3) is 1.00. The number of rotatable bonds is 9. The first-order chi connectivity index (χ1) is 11.5. The van der Waals surface area contributed by atoms with Crippen LogP contribution in [-0.2, 0) is 0 Å². The lowest BCUT2D eigenvalue weighted by Gasteiger charge is -2.33. The lowest BCUT2D eigenvalue weighted by atomic mass is 9.72. The molecule has 0 radical (unpaired) electrons. The Hall–Kier alpha value is 0. The second kappa shape index (κ2) is 19.3. The highest BCUT2D eigenvalue weighted by Crippen LogP contribution is 2.54. The SMILES string of the molecule is CC.CC.CCC1CC1C(CC)C(C)(C)CC.CCCCCCC. The highest BCUT2D eigenvalue weighted by molar-refractivity contribution is 4.95. The van der Waals surface area contributed by atoms with Crippen LogP contribution >= 0.6 is 0 Å². The van der Waals surface area contributed by atoms with Crippen LogP contribution in [0.4, 0.5) is 0 Å². The predicted octanol–water partition coefficient (Wildman–Crippen LogP) is 9.52. The molecule has 0 spiro atoms. The third kappa shape index (κ3) is 13.3. The quantitative estimate of drug-likeness (QED) is 0.366. The van der Waals surface area contributed by atoms with E-state index < -0.39 is 0 Å². The van der Waals surface area contributed by atoms with Crippen molar-refractivity contribution in [3.8, 4) is 0 Å². The number of unbranched alkanes of at least 4 members (excludes halogenated alkanes) is 4. The van der Waals surface area contributed by atoms with E-state index in [0.29, 0.717) is 5.41 Å². The molecule has 1 rings (SSSR count). The van der Waals surface area contributed by atoms with Crippen molar-refractivity contribution in [2.24, 2.45) is 23.2 Å². The van der Waals surface area contributed by atoms with Gasteiger partial charge in [-0.1, -0.05) is 128 Å². The lowest BCUT2D eigenvalue weighted by Crippen LogP contribution is -2.25. The average Bonchev–Trinajstić information content (AvgIpc) is 3.39. The summed E-state index contributed by atoms with van der Waals surface area (Å²) in [4.78, 5) is 0. The molecule has 3 unspecified atom stereocenters. The molecule has 0 N–H and O–H groups in total. The normalized spacial score (nSPS) is 19.6. The molecular formula is C24H54. The molecule has 0 aromatic rings. The second-order valence-electron chi connectivity index (χ2n) is 7.49. The van der Waals surface area contributed by atoms with E-state index in [9.17, 15) is 0 Å². The largest absolute Gasteiger partial charge is 0.0683 e. The molecule has 0 aromatic carbocycles. The number of hydrogen-bond acceptors (Lipinski definition) is 0. The summed E-state index contributed by atoms with van der Waals surface area (Å²) in [7, 11) is 0. The van der Waals surface area contributed by atoms with Crippen LogP contribution in [-0.4, -0.2) is 0 Å². The summed E-state index contributed by atoms with van der Waals surface area (Å²) in [6.07, 6.45) is 12.6. The summed E-state index contributed by atoms with van der Waals surface area (Å²) < 4.78 is 0. The van der Waals surface area contributed by atoms with Gasteiger partial charge in [-0.2, -0.15) is 0 Å². The van der Waals surface area contributed by atoms with Crippen LogP contribution in [0, 0.1) is 23.2 Å². The third-order valence-electron chi connectivity index (χ3n) is 5.58. The van der Waals surface area contributed by atoms with Crippen LogP contribution in [0.5, 0.6) is 0 Å². The molecule has 1 aliphatic rings. The van der Waals surface area contributed by atoms with Crippen LogP contribution in [0.15, 0.2) is 0 Å². The summed E-state index contributed by atoms with van der Waals surface area (Å²) >= 11 is 0. The van der Waals surface area contributed by atoms with Crippen molar-refractivity contribution >= 4 is 0 Å². The molecule has 3 atom stereocenters. The molecule has 0 saturated heterocycles. The smallest absolute Gasteiger partial charge is 0.0326 e. The highest BCUT2D eigenvalue weighted by atomic mass is 14.5. The molecule has 0 nitrogen and oxygen atoms in total. The fourth-order valence-corrected chi connectivity index (χ4v) is 3.61. The Balaban J connectivity index is -0.000000341. The molecule has 0 bridgehead atoms. The van der Waals surface area contributed by atoms with E-state index >= 15 is 0 Å². The lowest BCUT2D eigenvalue weighted by molar-refractivity contribution is 0.164. The molecule has 150 valence electrons. The Bertz CT molecular complexity index is 212. The minimum absolute atomic E-state index is 0.573. The van der Waals surface area contributed by atoms with Gasteiger partial charge in [-0.3, -0.25) is 0 Å². The van der Waals surface area contributed by atoms with Gasteiger partial charge in [0, 0.05) is 0 Å². The summed E-state index contributed by atoms with van der Waals surface area (Å²) in [5.41, 5.74) is 0.573. The molecular weight excluding hydrogens is 288 g/mol. The van der Waals surface area contributed by atoms with Gasteiger partial charge >= 0.3 is 0 Å². The van der Waals surface area contributed by atoms with Crippen LogP contribution in [0.2, 0.25) is 0 Å². The van der Waals surface area contributed by atoms with Crippen molar-refractivity contribution in [1.29, 1.82) is 0 Å². The predicted molar refractivity (Wildman–Crippen MR) is 117 cm³/mol. The first-order valence-electron chi connectivity index (χ1n) is 11.5. The van der Waals surface area contributed by atoms with Crippen LogP contribution in [0.3, 0.4) is 0 Å². The van der Waals surface area contributed by atoms with E-state index in [4.69, 9.17) is 0 Å². The summed E-state index contributed by atoms with van der Waals surface area (Å²) in [6.45, 7) is 24.4. The minimum atomic E-state index is 0.573. The third-order valence-corrected chi connectivity index (χ3v) is 5.58. The van der Waals surface area contributed by atoms with Crippen molar-refractivity contribution in [2.75, 3.05) is 0 Å². The van der Waals surface area contributed by atoms with Gasteiger partial charge in [-0.05, 0) is 29.6 Å². The van der Waals surface area contributed by atoms with Crippen LogP contribution in [0.25, 0.3) is 0 Å². The van der Waals surface area contributed by atoms with Crippen LogP contribution < -0.4 is 0 Å². The van der Waals surface area contributed by atoms with Gasteiger partial charge < -0.3 is 0 Å². The minimum Gasteiger partial charge on any atom is -0.0683 e. The van der Waals surface area contributed by atoms with E-state index in [0.717, 1.165) is 17.8 Å². The molecule has 0 aliphatic heterocycles. The Morgan fingerprint density at radius 3 is 1.50 bits per heavy atom. The second-order valence-corrected chi connectivity index (χ2v) is 7.49. The molecule has 1 aliphatic carbocycles. The molecule has 1 saturated carbocycles. The van der Waals surface area contributed by atoms with Gasteiger partial charge in [0.15, 0.2) is 0 Å². The van der Waals surface area contributed by atoms with Crippen molar-refractivity contribution in [1.82, 2.24) is 0 Å². The van der Waals surface area contributed by atoms with E-state index in [2.05, 4.69) is 48.5 Å². The fourth-order valence-electron chi connectivity index (χ4n) is 3.61. The average molecular weight is 343 g/mol. The Morgan fingerprint density at radius 2 is 1.25 bits per heavy atom. The summed E-state index contributed by atoms with van der Waals surface area (Å²) in [5.74, 6) is 3.10. The van der Waals surface area contributed by atoms with E-state index in [1.807, 2.05) is 27.7 Å². The summed E-state index contributed by atoms with van der Waals surface area (Å²) in [6, 6.07) is 0. The Labute approximate surface area is 157 Å². The van der Waals surface area contributed by atoms with E-state index in [1.165, 1.54) is 57.8 Å². The van der Waals surface area contributed by atoms with E-state index in [-0.39, 0.29) is 0 Å². The van der Waals surface area contributed by atoms with Crippen molar-refractivity contribution in [3.63, 3.8) is 0 Å². The van der Waals surface area contributed by atoms with Gasteiger partial charge in [-0.25, -0.2) is 0 Å². The molecule has 0 heterocycles. The van der Waals surface area contributed by atoms with Crippen molar-refractivity contribution in [2.45, 2.75) is 134 Å². The maximum Gasteiger partial charge on any atom is -0.0326 e. The van der Waals surface area contributed by atoms with Crippen molar-refractivity contribution in [3.05, 3.63) is 0 Å². The standard InChI is InChI=1S/C13H26.C7H16.2C2H6/c1-6-10-9-11(10)12(7-2)13(4,5)8-3;1-3-5-7-6-4-2;2*1-2/h10-12H,6-9H2,1-5H3;3-7H2,1-2H3;2*1-2H3. The van der Waals surface area contributed by atoms with Crippen LogP contribution in [0.1, 0.15) is 134 Å². The van der Waals surface area contributed by atoms with Gasteiger partial charge in [0.1, 0.15) is 0 Å². The first kappa shape index (κ1) is 28.8. The van der Waals surface area contributed by atoms with Gasteiger partial charge in [0.05, 0.1) is 0 Å². The Morgan fingerprint density at radius 1 is 0.792 bits per heavy atom. The molecule has 0 heteroatoms. The topological polar surface area (TPSA) is 0 Å². The molecule has 1 fully saturated rings. The van der Waals surface area contributed by atoms with Gasteiger partial charge in [-0.15, -0.1) is 0 Å². The molecule has 0 amide bonds. The zero-order valence-electron chi connectivity index (χ0n) is 19.6. The maximum absolute atomic E-state index is 2.45. The monoisotopic (exact) mass is 342 g/mol. The van der Waals surface area contributed by atoms with Gasteiger partial charge in [0.25, 0.3) is 0 Å². The van der Waals surface area contributed by atoms with Gasteiger partial charge in [0.2, 0.25) is 0 Å². The maximum atomic E-state index is 2.45. The molecule has 24 heavy (non-hydrogen) atoms. The Kier molecular flexibility index (Phi) is 23.2. The summed E-state index contributed by atoms with van der Waals surface area (Å²) in [5, 5.41) is 0. The first-order valence-corrected chi connectivity index (χ1v) is 11.5. The molecule has 0 aromatic heterocycles. The highest BCUT2D eigenvalue weighted by Gasteiger charge is 2.45.